The van der Waals surface area contributed by atoms with Crippen LogP contribution in [-0.4, -0.2) is 12.6 Å². The largest absolute Gasteiger partial charge is 0.466 e. The maximum Gasteiger partial charge on any atom is 0.310 e. The average molecular weight is 370 g/mol. The van der Waals surface area contributed by atoms with E-state index < -0.39 is 0 Å². The van der Waals surface area contributed by atoms with Gasteiger partial charge in [-0.15, -0.1) is 0 Å². The van der Waals surface area contributed by atoms with Gasteiger partial charge in [0, 0.05) is 9.80 Å². The van der Waals surface area contributed by atoms with Gasteiger partial charge >= 0.3 is 5.97 Å². The highest BCUT2D eigenvalue weighted by atomic mass is 79.9. The van der Waals surface area contributed by atoms with Crippen LogP contribution >= 0.6 is 43.5 Å². The van der Waals surface area contributed by atoms with Crippen LogP contribution in [0.4, 0.5) is 0 Å². The molecule has 0 heterocycles. The molecule has 0 atom stereocenters. The number of benzene rings is 1. The Morgan fingerprint density at radius 1 is 1.50 bits per heavy atom. The van der Waals surface area contributed by atoms with Crippen molar-refractivity contribution >= 4 is 49.4 Å². The fourth-order valence-corrected chi connectivity index (χ4v) is 2.33. The van der Waals surface area contributed by atoms with Crippen LogP contribution in [0, 0.1) is 0 Å². The highest BCUT2D eigenvalue weighted by Crippen LogP contribution is 2.29. The van der Waals surface area contributed by atoms with Gasteiger partial charge in [-0.2, -0.15) is 0 Å². The topological polar surface area (TPSA) is 26.3 Å². The minimum absolute atomic E-state index is 0.201. The summed E-state index contributed by atoms with van der Waals surface area (Å²) < 4.78 is 5.69. The van der Waals surface area contributed by atoms with Gasteiger partial charge in [0.25, 0.3) is 0 Å². The normalized spacial score (nSPS) is 10.2. The van der Waals surface area contributed by atoms with Crippen LogP contribution < -0.4 is 0 Å². The molecular weight excluding hydrogens is 359 g/mol. The van der Waals surface area contributed by atoms with Gasteiger partial charge in [0.15, 0.2) is 0 Å². The summed E-state index contributed by atoms with van der Waals surface area (Å²) in [6.07, 6.45) is 0.201. The van der Waals surface area contributed by atoms with Crippen molar-refractivity contribution in [2.24, 2.45) is 0 Å². The summed E-state index contributed by atoms with van der Waals surface area (Å²) in [5, 5.41) is 1.29. The molecular formula is C11H11Br2ClO2. The molecule has 0 spiro atoms. The molecule has 0 aliphatic carbocycles. The van der Waals surface area contributed by atoms with E-state index in [1.807, 2.05) is 12.1 Å². The van der Waals surface area contributed by atoms with Crippen LogP contribution in [0.25, 0.3) is 0 Å². The van der Waals surface area contributed by atoms with E-state index in [0.29, 0.717) is 11.6 Å². The van der Waals surface area contributed by atoms with Crippen molar-refractivity contribution in [3.63, 3.8) is 0 Å². The van der Waals surface area contributed by atoms with Gasteiger partial charge in [-0.05, 0) is 40.0 Å². The molecule has 16 heavy (non-hydrogen) atoms. The van der Waals surface area contributed by atoms with Gasteiger partial charge in [0.2, 0.25) is 0 Å². The first-order valence-electron chi connectivity index (χ1n) is 4.76. The molecule has 88 valence electrons. The second kappa shape index (κ2) is 6.62. The highest BCUT2D eigenvalue weighted by Gasteiger charge is 2.11. The van der Waals surface area contributed by atoms with Crippen molar-refractivity contribution in [1.29, 1.82) is 0 Å². The number of alkyl halides is 1. The summed E-state index contributed by atoms with van der Waals surface area (Å²) in [6.45, 7) is 2.17. The van der Waals surface area contributed by atoms with Gasteiger partial charge in [0.1, 0.15) is 0 Å². The number of ether oxygens (including phenoxy) is 1. The van der Waals surface area contributed by atoms with E-state index in [1.54, 1.807) is 6.92 Å². The Labute approximate surface area is 117 Å². The first kappa shape index (κ1) is 14.0. The number of carbonyl (C=O) groups excluding carboxylic acids is 1. The second-order valence-electron chi connectivity index (χ2n) is 3.17. The fraction of sp³-hybridized carbons (Fsp3) is 0.364. The maximum absolute atomic E-state index is 11.4. The van der Waals surface area contributed by atoms with E-state index in [-0.39, 0.29) is 12.4 Å². The maximum atomic E-state index is 11.4. The molecule has 0 fully saturated rings. The molecule has 0 N–H and O–H groups in total. The Kier molecular flexibility index (Phi) is 5.79. The van der Waals surface area contributed by atoms with Gasteiger partial charge in [-0.25, -0.2) is 0 Å². The number of hydrogen-bond donors (Lipinski definition) is 0. The summed E-state index contributed by atoms with van der Waals surface area (Å²) in [4.78, 5) is 11.4. The zero-order valence-corrected chi connectivity index (χ0v) is 12.7. The standard InChI is InChI=1S/C11H11Br2ClO2/c1-2-16-10(15)5-8-3-7(6-12)4-9(13)11(8)14/h3-4H,2,5-6H2,1H3. The van der Waals surface area contributed by atoms with Crippen molar-refractivity contribution in [3.8, 4) is 0 Å². The Morgan fingerprint density at radius 2 is 2.19 bits per heavy atom. The predicted molar refractivity (Wildman–Crippen MR) is 72.1 cm³/mol. The quantitative estimate of drug-likeness (QED) is 0.589. The van der Waals surface area contributed by atoms with Crippen molar-refractivity contribution in [3.05, 3.63) is 32.8 Å². The third kappa shape index (κ3) is 3.75. The Balaban J connectivity index is 2.94. The zero-order chi connectivity index (χ0) is 12.1. The predicted octanol–water partition coefficient (Wildman–Crippen LogP) is 4.10. The Morgan fingerprint density at radius 3 is 2.75 bits per heavy atom. The van der Waals surface area contributed by atoms with E-state index in [2.05, 4.69) is 31.9 Å². The van der Waals surface area contributed by atoms with Crippen molar-refractivity contribution in [2.45, 2.75) is 18.7 Å². The Hall–Kier alpha value is -0.0600. The molecule has 0 radical (unpaired) electrons. The van der Waals surface area contributed by atoms with Crippen molar-refractivity contribution in [1.82, 2.24) is 0 Å². The van der Waals surface area contributed by atoms with Crippen LogP contribution in [0.5, 0.6) is 0 Å². The number of halogens is 3. The molecule has 2 nitrogen and oxygen atoms in total. The smallest absolute Gasteiger partial charge is 0.310 e. The van der Waals surface area contributed by atoms with E-state index >= 15 is 0 Å². The van der Waals surface area contributed by atoms with Gasteiger partial charge in [0.05, 0.1) is 18.1 Å². The lowest BCUT2D eigenvalue weighted by Crippen LogP contribution is -2.08. The minimum Gasteiger partial charge on any atom is -0.466 e. The number of rotatable bonds is 4. The second-order valence-corrected chi connectivity index (χ2v) is 4.96. The summed E-state index contributed by atoms with van der Waals surface area (Å²) in [5.41, 5.74) is 1.85. The number of hydrogen-bond acceptors (Lipinski definition) is 2. The van der Waals surface area contributed by atoms with Crippen LogP contribution in [0.15, 0.2) is 16.6 Å². The van der Waals surface area contributed by atoms with Gasteiger partial charge < -0.3 is 4.74 Å². The van der Waals surface area contributed by atoms with E-state index in [1.165, 1.54) is 0 Å². The lowest BCUT2D eigenvalue weighted by Gasteiger charge is -2.08. The van der Waals surface area contributed by atoms with Gasteiger partial charge in [-0.1, -0.05) is 33.6 Å². The summed E-state index contributed by atoms with van der Waals surface area (Å²) in [7, 11) is 0. The lowest BCUT2D eigenvalue weighted by atomic mass is 10.1. The molecule has 0 amide bonds. The fourth-order valence-electron chi connectivity index (χ4n) is 1.28. The zero-order valence-electron chi connectivity index (χ0n) is 8.73. The van der Waals surface area contributed by atoms with Crippen LogP contribution in [0.1, 0.15) is 18.1 Å². The first-order valence-corrected chi connectivity index (χ1v) is 7.06. The van der Waals surface area contributed by atoms with Gasteiger partial charge in [-0.3, -0.25) is 4.79 Å². The van der Waals surface area contributed by atoms with Crippen LogP contribution in [0.3, 0.4) is 0 Å². The molecule has 1 aromatic rings. The van der Waals surface area contributed by atoms with Crippen molar-refractivity contribution < 1.29 is 9.53 Å². The van der Waals surface area contributed by atoms with E-state index in [9.17, 15) is 4.79 Å². The van der Waals surface area contributed by atoms with Crippen molar-refractivity contribution in [2.75, 3.05) is 6.61 Å². The molecule has 0 saturated carbocycles. The number of carbonyl (C=O) groups is 1. The summed E-state index contributed by atoms with van der Waals surface area (Å²) in [5.74, 6) is -0.261. The molecule has 0 aliphatic heterocycles. The molecule has 5 heteroatoms. The monoisotopic (exact) mass is 368 g/mol. The SMILES string of the molecule is CCOC(=O)Cc1cc(CBr)cc(Br)c1Cl. The third-order valence-corrected chi connectivity index (χ3v) is 3.91. The van der Waals surface area contributed by atoms with E-state index in [0.717, 1.165) is 20.9 Å². The minimum atomic E-state index is -0.261. The Bertz CT molecular complexity index is 394. The van der Waals surface area contributed by atoms with Crippen LogP contribution in [-0.2, 0) is 21.3 Å². The third-order valence-electron chi connectivity index (χ3n) is 1.96. The molecule has 0 saturated heterocycles. The average Bonchev–Trinajstić information content (AvgIpc) is 2.24. The summed E-state index contributed by atoms with van der Waals surface area (Å²) >= 11 is 12.8. The van der Waals surface area contributed by atoms with E-state index in [4.69, 9.17) is 16.3 Å². The number of esters is 1. The molecule has 1 rings (SSSR count). The summed E-state index contributed by atoms with van der Waals surface area (Å²) in [6, 6.07) is 3.82. The lowest BCUT2D eigenvalue weighted by molar-refractivity contribution is -0.142. The molecule has 0 aliphatic rings. The molecule has 0 aromatic heterocycles. The molecule has 1 aromatic carbocycles. The highest BCUT2D eigenvalue weighted by molar-refractivity contribution is 9.10. The van der Waals surface area contributed by atoms with Crippen LogP contribution in [0.2, 0.25) is 5.02 Å². The molecule has 0 bridgehead atoms. The first-order chi connectivity index (χ1) is 7.58. The molecule has 0 unspecified atom stereocenters.